The van der Waals surface area contributed by atoms with Crippen molar-refractivity contribution in [2.24, 2.45) is 5.10 Å². The summed E-state index contributed by atoms with van der Waals surface area (Å²) in [6, 6.07) is 35.2. The Kier molecular flexibility index (Phi) is 8.18. The van der Waals surface area contributed by atoms with Gasteiger partial charge in [0.25, 0.3) is 5.91 Å². The fourth-order valence-corrected chi connectivity index (χ4v) is 4.23. The maximum Gasteiger partial charge on any atom is 0.343 e. The van der Waals surface area contributed by atoms with Gasteiger partial charge in [-0.05, 0) is 71.3 Å². The van der Waals surface area contributed by atoms with E-state index in [9.17, 15) is 9.59 Å². The van der Waals surface area contributed by atoms with Gasteiger partial charge in [-0.1, -0.05) is 84.4 Å². The molecular weight excluding hydrogens is 524 g/mol. The summed E-state index contributed by atoms with van der Waals surface area (Å²) in [5.74, 6) is -0.0921. The first-order chi connectivity index (χ1) is 19.5. The average Bonchev–Trinajstić information content (AvgIpc) is 2.99. The van der Waals surface area contributed by atoms with Crippen molar-refractivity contribution in [1.82, 2.24) is 5.43 Å². The number of nitrogens with zero attached hydrogens (tertiary/aromatic N) is 1. The maximum absolute atomic E-state index is 12.8. The molecule has 7 heteroatoms. The first-order valence-electron chi connectivity index (χ1n) is 12.6. The number of benzene rings is 5. The Hall–Kier alpha value is -4.94. The second-order valence-corrected chi connectivity index (χ2v) is 9.42. The molecule has 5 aromatic rings. The van der Waals surface area contributed by atoms with Crippen molar-refractivity contribution in [3.8, 4) is 22.6 Å². The van der Waals surface area contributed by atoms with Gasteiger partial charge < -0.3 is 9.47 Å². The summed E-state index contributed by atoms with van der Waals surface area (Å²) in [6.45, 7) is 1.65. The van der Waals surface area contributed by atoms with Crippen LogP contribution in [0.4, 0.5) is 0 Å². The summed E-state index contributed by atoms with van der Waals surface area (Å²) in [4.78, 5) is 25.5. The van der Waals surface area contributed by atoms with Crippen molar-refractivity contribution in [3.63, 3.8) is 0 Å². The molecule has 198 valence electrons. The molecule has 0 aromatic heterocycles. The van der Waals surface area contributed by atoms with Crippen LogP contribution >= 0.6 is 11.6 Å². The largest absolute Gasteiger partial charge is 0.481 e. The molecule has 1 N–H and O–H groups in total. The van der Waals surface area contributed by atoms with Gasteiger partial charge >= 0.3 is 5.97 Å². The average molecular weight is 549 g/mol. The Labute approximate surface area is 236 Å². The highest BCUT2D eigenvalue weighted by Crippen LogP contribution is 2.28. The number of esters is 1. The van der Waals surface area contributed by atoms with E-state index in [4.69, 9.17) is 21.1 Å². The van der Waals surface area contributed by atoms with Gasteiger partial charge in [-0.15, -0.1) is 0 Å². The molecule has 0 unspecified atom stereocenters. The molecule has 6 nitrogen and oxygen atoms in total. The van der Waals surface area contributed by atoms with Crippen LogP contribution in [-0.2, 0) is 4.79 Å². The Balaban J connectivity index is 1.28. The number of carbonyl (C=O) groups is 2. The number of rotatable bonds is 8. The van der Waals surface area contributed by atoms with Gasteiger partial charge in [0.2, 0.25) is 0 Å². The van der Waals surface area contributed by atoms with Gasteiger partial charge in [0, 0.05) is 10.6 Å². The summed E-state index contributed by atoms with van der Waals surface area (Å²) in [7, 11) is 0. The molecule has 5 rings (SSSR count). The van der Waals surface area contributed by atoms with Crippen LogP contribution in [0, 0.1) is 0 Å². The molecule has 0 aliphatic heterocycles. The maximum atomic E-state index is 12.8. The van der Waals surface area contributed by atoms with Crippen molar-refractivity contribution < 1.29 is 19.1 Å². The number of fused-ring (bicyclic) bond motifs is 1. The molecule has 0 fully saturated rings. The predicted molar refractivity (Wildman–Crippen MR) is 158 cm³/mol. The van der Waals surface area contributed by atoms with E-state index in [-0.39, 0.29) is 0 Å². The lowest BCUT2D eigenvalue weighted by atomic mass is 10.0. The molecule has 40 heavy (non-hydrogen) atoms. The second kappa shape index (κ2) is 12.3. The smallest absolute Gasteiger partial charge is 0.343 e. The van der Waals surface area contributed by atoms with Crippen molar-refractivity contribution in [1.29, 1.82) is 0 Å². The van der Waals surface area contributed by atoms with Crippen LogP contribution in [0.5, 0.6) is 11.5 Å². The van der Waals surface area contributed by atoms with E-state index in [0.29, 0.717) is 27.6 Å². The van der Waals surface area contributed by atoms with Gasteiger partial charge in [-0.3, -0.25) is 4.79 Å². The molecule has 0 aliphatic rings. The van der Waals surface area contributed by atoms with Gasteiger partial charge in [0.05, 0.1) is 11.8 Å². The van der Waals surface area contributed by atoms with E-state index in [0.717, 1.165) is 21.9 Å². The Morgan fingerprint density at radius 3 is 2.23 bits per heavy atom. The molecule has 0 bridgehead atoms. The number of carbonyl (C=O) groups excluding carboxylic acids is 2. The third-order valence-electron chi connectivity index (χ3n) is 6.23. The minimum Gasteiger partial charge on any atom is -0.481 e. The van der Waals surface area contributed by atoms with Crippen LogP contribution in [0.1, 0.15) is 22.8 Å². The SMILES string of the molecule is C[C@@H](Oc1ccc(-c2ccccc2)cc1)C(=O)N/N=C\c1c(OC(=O)c2ccc(Cl)cc2)ccc2ccccc12. The Morgan fingerprint density at radius 1 is 0.800 bits per heavy atom. The molecule has 0 heterocycles. The fraction of sp³-hybridized carbons (Fsp3) is 0.0606. The predicted octanol–water partition coefficient (Wildman–Crippen LogP) is 7.30. The third kappa shape index (κ3) is 6.37. The lowest BCUT2D eigenvalue weighted by Gasteiger charge is -2.14. The van der Waals surface area contributed by atoms with Crippen molar-refractivity contribution in [2.75, 3.05) is 0 Å². The highest BCUT2D eigenvalue weighted by molar-refractivity contribution is 6.30. The van der Waals surface area contributed by atoms with E-state index in [1.165, 1.54) is 6.21 Å². The number of halogens is 1. The van der Waals surface area contributed by atoms with E-state index in [2.05, 4.69) is 10.5 Å². The molecule has 1 amide bonds. The van der Waals surface area contributed by atoms with Gasteiger partial charge in [-0.25, -0.2) is 10.2 Å². The monoisotopic (exact) mass is 548 g/mol. The molecule has 1 atom stereocenters. The third-order valence-corrected chi connectivity index (χ3v) is 6.48. The van der Waals surface area contributed by atoms with E-state index in [1.807, 2.05) is 84.9 Å². The van der Waals surface area contributed by atoms with E-state index in [1.54, 1.807) is 37.3 Å². The number of nitrogens with one attached hydrogen (secondary N) is 1. The zero-order chi connectivity index (χ0) is 27.9. The first-order valence-corrected chi connectivity index (χ1v) is 13.0. The molecule has 0 spiro atoms. The van der Waals surface area contributed by atoms with Crippen LogP contribution in [0.3, 0.4) is 0 Å². The van der Waals surface area contributed by atoms with Crippen molar-refractivity contribution >= 4 is 40.5 Å². The summed E-state index contributed by atoms with van der Waals surface area (Å²) in [5.41, 5.74) is 5.58. The zero-order valence-electron chi connectivity index (χ0n) is 21.6. The highest BCUT2D eigenvalue weighted by atomic mass is 35.5. The summed E-state index contributed by atoms with van der Waals surface area (Å²) in [5, 5.41) is 6.41. The number of hydrazone groups is 1. The molecule has 0 radical (unpaired) electrons. The topological polar surface area (TPSA) is 77.0 Å². The normalized spacial score (nSPS) is 11.8. The highest BCUT2D eigenvalue weighted by Gasteiger charge is 2.16. The Bertz CT molecular complexity index is 1670. The van der Waals surface area contributed by atoms with E-state index < -0.39 is 18.0 Å². The summed E-state index contributed by atoms with van der Waals surface area (Å²) >= 11 is 5.93. The van der Waals surface area contributed by atoms with Gasteiger partial charge in [0.15, 0.2) is 6.10 Å². The second-order valence-electron chi connectivity index (χ2n) is 8.98. The quantitative estimate of drug-likeness (QED) is 0.0955. The number of amides is 1. The molecular formula is C33H25ClN2O4. The summed E-state index contributed by atoms with van der Waals surface area (Å²) < 4.78 is 11.5. The molecule has 0 saturated heterocycles. The van der Waals surface area contributed by atoms with Crippen molar-refractivity contribution in [3.05, 3.63) is 131 Å². The van der Waals surface area contributed by atoms with Crippen LogP contribution in [0.2, 0.25) is 5.02 Å². The number of ether oxygens (including phenoxy) is 2. The number of hydrogen-bond donors (Lipinski definition) is 1. The van der Waals surface area contributed by atoms with Crippen LogP contribution in [0.15, 0.2) is 120 Å². The number of hydrogen-bond acceptors (Lipinski definition) is 5. The fourth-order valence-electron chi connectivity index (χ4n) is 4.11. The Morgan fingerprint density at radius 2 is 1.48 bits per heavy atom. The van der Waals surface area contributed by atoms with Crippen LogP contribution in [-0.4, -0.2) is 24.2 Å². The van der Waals surface area contributed by atoms with Gasteiger partial charge in [0.1, 0.15) is 11.5 Å². The minimum atomic E-state index is -0.797. The van der Waals surface area contributed by atoms with Crippen LogP contribution < -0.4 is 14.9 Å². The lowest BCUT2D eigenvalue weighted by molar-refractivity contribution is -0.127. The lowest BCUT2D eigenvalue weighted by Crippen LogP contribution is -2.33. The zero-order valence-corrected chi connectivity index (χ0v) is 22.3. The standard InChI is InChI=1S/C33H25ClN2O4/c1-22(39-28-18-13-24(14-19-28)23-7-3-2-4-8-23)32(37)36-35-21-30-29-10-6-5-9-25(29)15-20-31(30)40-33(38)26-11-16-27(34)17-12-26/h2-22H,1H3,(H,36,37)/b35-21-/t22-/m1/s1. The first kappa shape index (κ1) is 26.7. The van der Waals surface area contributed by atoms with Gasteiger partial charge in [-0.2, -0.15) is 5.10 Å². The molecule has 0 aliphatic carbocycles. The molecule has 5 aromatic carbocycles. The van der Waals surface area contributed by atoms with Crippen LogP contribution in [0.25, 0.3) is 21.9 Å². The van der Waals surface area contributed by atoms with Crippen molar-refractivity contribution in [2.45, 2.75) is 13.0 Å². The van der Waals surface area contributed by atoms with E-state index >= 15 is 0 Å². The molecule has 0 saturated carbocycles. The minimum absolute atomic E-state index is 0.305. The summed E-state index contributed by atoms with van der Waals surface area (Å²) in [6.07, 6.45) is 0.668.